The average Bonchev–Trinajstić information content (AvgIpc) is 2.45. The molecule has 0 aromatic carbocycles. The van der Waals surface area contributed by atoms with Gasteiger partial charge in [0.05, 0.1) is 0 Å². The van der Waals surface area contributed by atoms with Crippen LogP contribution in [0.2, 0.25) is 0 Å². The van der Waals surface area contributed by atoms with Crippen LogP contribution < -0.4 is 4.90 Å². The summed E-state index contributed by atoms with van der Waals surface area (Å²) in [5.41, 5.74) is 0.856. The minimum atomic E-state index is -0.940. The summed E-state index contributed by atoms with van der Waals surface area (Å²) in [4.78, 5) is 19.6. The molecule has 0 radical (unpaired) electrons. The van der Waals surface area contributed by atoms with Crippen molar-refractivity contribution in [3.05, 3.63) is 30.0 Å². The number of carbonyl (C=O) groups is 1. The van der Waals surface area contributed by atoms with E-state index < -0.39 is 5.97 Å². The fourth-order valence-electron chi connectivity index (χ4n) is 2.53. The van der Waals surface area contributed by atoms with Crippen LogP contribution in [-0.2, 0) is 4.79 Å². The maximum absolute atomic E-state index is 10.7. The van der Waals surface area contributed by atoms with Crippen LogP contribution in [0, 0.1) is 0 Å². The summed E-state index contributed by atoms with van der Waals surface area (Å²) in [5.74, 6) is -0.0684. The molecule has 1 fully saturated rings. The van der Waals surface area contributed by atoms with E-state index in [1.54, 1.807) is 12.3 Å². The Morgan fingerprint density at radius 2 is 2.35 bits per heavy atom. The lowest BCUT2D eigenvalue weighted by Gasteiger charge is -2.37. The lowest BCUT2D eigenvalue weighted by molar-refractivity contribution is -0.131. The summed E-state index contributed by atoms with van der Waals surface area (Å²) in [6, 6.07) is 4.25. The Balaban J connectivity index is 2.21. The number of carboxylic acids is 1. The van der Waals surface area contributed by atoms with Gasteiger partial charge < -0.3 is 14.9 Å². The second kappa shape index (κ2) is 6.52. The van der Waals surface area contributed by atoms with E-state index in [9.17, 15) is 4.79 Å². The largest absolute Gasteiger partial charge is 0.478 e. The summed E-state index contributed by atoms with van der Waals surface area (Å²) < 4.78 is 0. The van der Waals surface area contributed by atoms with Crippen LogP contribution in [0.5, 0.6) is 0 Å². The van der Waals surface area contributed by atoms with Gasteiger partial charge >= 0.3 is 5.97 Å². The zero-order chi connectivity index (χ0) is 14.5. The molecular weight excluding hydrogens is 254 g/mol. The Morgan fingerprint density at radius 1 is 1.55 bits per heavy atom. The van der Waals surface area contributed by atoms with Gasteiger partial charge in [-0.2, -0.15) is 0 Å². The van der Waals surface area contributed by atoms with Gasteiger partial charge in [0, 0.05) is 37.0 Å². The molecule has 1 aromatic heterocycles. The third kappa shape index (κ3) is 3.57. The van der Waals surface area contributed by atoms with Crippen molar-refractivity contribution in [1.82, 2.24) is 9.88 Å². The Morgan fingerprint density at radius 3 is 3.05 bits per heavy atom. The van der Waals surface area contributed by atoms with Gasteiger partial charge in [0.1, 0.15) is 5.82 Å². The first-order valence-corrected chi connectivity index (χ1v) is 6.85. The number of pyridine rings is 1. The van der Waals surface area contributed by atoms with Crippen LogP contribution in [0.3, 0.4) is 0 Å². The van der Waals surface area contributed by atoms with Gasteiger partial charge in [-0.15, -0.1) is 0 Å². The predicted molar refractivity (Wildman–Crippen MR) is 79.8 cm³/mol. The number of aliphatic carboxylic acids is 1. The highest BCUT2D eigenvalue weighted by Gasteiger charge is 2.23. The smallest absolute Gasteiger partial charge is 0.328 e. The van der Waals surface area contributed by atoms with Gasteiger partial charge in [0.25, 0.3) is 0 Å². The van der Waals surface area contributed by atoms with Gasteiger partial charge in [-0.3, -0.25) is 0 Å². The molecule has 108 valence electrons. The molecule has 20 heavy (non-hydrogen) atoms. The summed E-state index contributed by atoms with van der Waals surface area (Å²) in [6.07, 6.45) is 6.85. The number of aromatic nitrogens is 1. The topological polar surface area (TPSA) is 56.7 Å². The van der Waals surface area contributed by atoms with E-state index in [2.05, 4.69) is 28.9 Å². The molecule has 1 aliphatic heterocycles. The maximum Gasteiger partial charge on any atom is 0.328 e. The van der Waals surface area contributed by atoms with Gasteiger partial charge in [0.15, 0.2) is 0 Å². The molecule has 1 saturated heterocycles. The van der Waals surface area contributed by atoms with Gasteiger partial charge in [-0.1, -0.05) is 0 Å². The molecule has 2 heterocycles. The van der Waals surface area contributed by atoms with Gasteiger partial charge in [0.2, 0.25) is 0 Å². The third-order valence-electron chi connectivity index (χ3n) is 3.65. The van der Waals surface area contributed by atoms with E-state index in [0.29, 0.717) is 6.04 Å². The Bertz CT molecular complexity index is 500. The van der Waals surface area contributed by atoms with E-state index in [0.717, 1.165) is 37.0 Å². The molecule has 2 rings (SSSR count). The predicted octanol–water partition coefficient (Wildman–Crippen LogP) is 1.71. The highest BCUT2D eigenvalue weighted by Crippen LogP contribution is 2.24. The highest BCUT2D eigenvalue weighted by molar-refractivity contribution is 5.86. The lowest BCUT2D eigenvalue weighted by atomic mass is 10.0. The molecule has 1 unspecified atom stereocenters. The minimum Gasteiger partial charge on any atom is -0.478 e. The molecule has 5 heteroatoms. The molecule has 0 spiro atoms. The quantitative estimate of drug-likeness (QED) is 0.848. The lowest BCUT2D eigenvalue weighted by Crippen LogP contribution is -2.45. The molecule has 0 saturated carbocycles. The van der Waals surface area contributed by atoms with E-state index in [1.165, 1.54) is 6.42 Å². The van der Waals surface area contributed by atoms with Crippen LogP contribution >= 0.6 is 0 Å². The minimum absolute atomic E-state index is 0.516. The number of piperidine rings is 1. The molecule has 0 bridgehead atoms. The van der Waals surface area contributed by atoms with Crippen LogP contribution in [-0.4, -0.2) is 54.2 Å². The van der Waals surface area contributed by atoms with Crippen LogP contribution in [0.25, 0.3) is 6.08 Å². The average molecular weight is 275 g/mol. The summed E-state index contributed by atoms with van der Waals surface area (Å²) in [5, 5.41) is 8.76. The Kier molecular flexibility index (Phi) is 4.74. The van der Waals surface area contributed by atoms with Crippen molar-refractivity contribution in [3.63, 3.8) is 0 Å². The second-order valence-corrected chi connectivity index (χ2v) is 5.29. The fourth-order valence-corrected chi connectivity index (χ4v) is 2.53. The van der Waals surface area contributed by atoms with Crippen molar-refractivity contribution < 1.29 is 9.90 Å². The van der Waals surface area contributed by atoms with E-state index >= 15 is 0 Å². The molecule has 1 N–H and O–H groups in total. The molecule has 0 amide bonds. The molecule has 1 aliphatic rings. The normalized spacial score (nSPS) is 19.8. The first-order chi connectivity index (χ1) is 9.58. The molecule has 5 nitrogen and oxygen atoms in total. The second-order valence-electron chi connectivity index (χ2n) is 5.29. The van der Waals surface area contributed by atoms with Crippen molar-refractivity contribution in [2.24, 2.45) is 0 Å². The van der Waals surface area contributed by atoms with Crippen molar-refractivity contribution >= 4 is 17.9 Å². The van der Waals surface area contributed by atoms with Crippen LogP contribution in [0.1, 0.15) is 18.4 Å². The van der Waals surface area contributed by atoms with Crippen LogP contribution in [0.4, 0.5) is 5.82 Å². The maximum atomic E-state index is 10.7. The molecule has 1 aromatic rings. The van der Waals surface area contributed by atoms with Crippen molar-refractivity contribution in [2.75, 3.05) is 32.1 Å². The standard InChI is InChI=1S/C15H21N3O2/c1-17(2)13-6-4-10-18(11-13)15-12(5-3-9-16-15)7-8-14(19)20/h3,5,7-9,13H,4,6,10-11H2,1-2H3,(H,19,20)/b8-7+. The zero-order valence-corrected chi connectivity index (χ0v) is 12.0. The van der Waals surface area contributed by atoms with Crippen molar-refractivity contribution in [3.8, 4) is 0 Å². The van der Waals surface area contributed by atoms with Crippen LogP contribution in [0.15, 0.2) is 24.4 Å². The Hall–Kier alpha value is -1.88. The molecule has 0 aliphatic carbocycles. The number of anilines is 1. The van der Waals surface area contributed by atoms with Crippen molar-refractivity contribution in [2.45, 2.75) is 18.9 Å². The first-order valence-electron chi connectivity index (χ1n) is 6.85. The van der Waals surface area contributed by atoms with Gasteiger partial charge in [-0.25, -0.2) is 9.78 Å². The fraction of sp³-hybridized carbons (Fsp3) is 0.467. The summed E-state index contributed by atoms with van der Waals surface area (Å²) in [7, 11) is 4.19. The number of hydrogen-bond acceptors (Lipinski definition) is 4. The monoisotopic (exact) mass is 275 g/mol. The number of rotatable bonds is 4. The number of hydrogen-bond donors (Lipinski definition) is 1. The number of nitrogens with zero attached hydrogens (tertiary/aromatic N) is 3. The first kappa shape index (κ1) is 14.5. The van der Waals surface area contributed by atoms with Gasteiger partial charge in [-0.05, 0) is 45.1 Å². The number of carboxylic acid groups (broad SMARTS) is 1. The highest BCUT2D eigenvalue weighted by atomic mass is 16.4. The molecular formula is C15H21N3O2. The van der Waals surface area contributed by atoms with Crippen molar-refractivity contribution in [1.29, 1.82) is 0 Å². The zero-order valence-electron chi connectivity index (χ0n) is 12.0. The number of likely N-dealkylation sites (N-methyl/N-ethyl adjacent to an activating group) is 1. The van der Waals surface area contributed by atoms with E-state index in [-0.39, 0.29) is 0 Å². The summed E-state index contributed by atoms with van der Waals surface area (Å²) >= 11 is 0. The SMILES string of the molecule is CN(C)C1CCCN(c2ncccc2/C=C/C(=O)O)C1. The third-order valence-corrected chi connectivity index (χ3v) is 3.65. The Labute approximate surface area is 119 Å². The summed E-state index contributed by atoms with van der Waals surface area (Å²) in [6.45, 7) is 1.90. The van der Waals surface area contributed by atoms with E-state index in [1.807, 2.05) is 12.1 Å². The molecule has 1 atom stereocenters. The van der Waals surface area contributed by atoms with E-state index in [4.69, 9.17) is 5.11 Å².